The lowest BCUT2D eigenvalue weighted by Crippen LogP contribution is -2.13. The van der Waals surface area contributed by atoms with E-state index in [2.05, 4.69) is 5.32 Å². The first-order chi connectivity index (χ1) is 12.0. The van der Waals surface area contributed by atoms with Crippen LogP contribution in [0.1, 0.15) is 12.2 Å². The van der Waals surface area contributed by atoms with E-state index in [-0.39, 0.29) is 18.5 Å². The standard InChI is InChI=1S/C19H14F3NO2/c20-12-5-8-17(16(22)11-12)23-19(24)10-7-13-6-9-18(25-13)14-3-1-2-4-15(14)21/h1-6,8-9,11H,7,10H2,(H,23,24). The molecule has 128 valence electrons. The molecule has 2 aromatic carbocycles. The topological polar surface area (TPSA) is 42.2 Å². The number of carbonyl (C=O) groups excluding carboxylic acids is 1. The van der Waals surface area contributed by atoms with Crippen molar-refractivity contribution in [3.05, 3.63) is 77.8 Å². The van der Waals surface area contributed by atoms with E-state index < -0.39 is 23.4 Å². The van der Waals surface area contributed by atoms with Crippen molar-refractivity contribution in [1.29, 1.82) is 0 Å². The number of halogens is 3. The summed E-state index contributed by atoms with van der Waals surface area (Å²) >= 11 is 0. The Kier molecular flexibility index (Phi) is 4.88. The van der Waals surface area contributed by atoms with Crippen LogP contribution in [0.15, 0.2) is 59.0 Å². The van der Waals surface area contributed by atoms with Crippen molar-refractivity contribution >= 4 is 11.6 Å². The number of anilines is 1. The molecule has 1 N–H and O–H groups in total. The average Bonchev–Trinajstić information content (AvgIpc) is 3.05. The largest absolute Gasteiger partial charge is 0.461 e. The molecule has 6 heteroatoms. The first kappa shape index (κ1) is 16.8. The van der Waals surface area contributed by atoms with Crippen molar-refractivity contribution in [2.24, 2.45) is 0 Å². The molecule has 0 spiro atoms. The van der Waals surface area contributed by atoms with Gasteiger partial charge in [-0.15, -0.1) is 0 Å². The van der Waals surface area contributed by atoms with Gasteiger partial charge in [0.25, 0.3) is 0 Å². The maximum atomic E-state index is 13.7. The average molecular weight is 345 g/mol. The van der Waals surface area contributed by atoms with Gasteiger partial charge < -0.3 is 9.73 Å². The Morgan fingerprint density at radius 2 is 1.76 bits per heavy atom. The molecular formula is C19H14F3NO2. The van der Waals surface area contributed by atoms with E-state index in [1.54, 1.807) is 30.3 Å². The van der Waals surface area contributed by atoms with Crippen LogP contribution in [0.25, 0.3) is 11.3 Å². The molecule has 0 aliphatic carbocycles. The van der Waals surface area contributed by atoms with Crippen molar-refractivity contribution in [1.82, 2.24) is 0 Å². The number of amides is 1. The van der Waals surface area contributed by atoms with E-state index >= 15 is 0 Å². The minimum absolute atomic E-state index is 0.0427. The molecule has 0 saturated heterocycles. The highest BCUT2D eigenvalue weighted by molar-refractivity contribution is 5.90. The van der Waals surface area contributed by atoms with Gasteiger partial charge in [0, 0.05) is 18.9 Å². The first-order valence-corrected chi connectivity index (χ1v) is 7.61. The summed E-state index contributed by atoms with van der Waals surface area (Å²) in [7, 11) is 0. The van der Waals surface area contributed by atoms with Gasteiger partial charge in [-0.1, -0.05) is 12.1 Å². The molecule has 1 aromatic heterocycles. The van der Waals surface area contributed by atoms with Gasteiger partial charge in [-0.3, -0.25) is 4.79 Å². The number of rotatable bonds is 5. The Balaban J connectivity index is 1.60. The van der Waals surface area contributed by atoms with Crippen LogP contribution >= 0.6 is 0 Å². The van der Waals surface area contributed by atoms with Crippen LogP contribution in [-0.4, -0.2) is 5.91 Å². The summed E-state index contributed by atoms with van der Waals surface area (Å²) in [5.41, 5.74) is 0.254. The quantitative estimate of drug-likeness (QED) is 0.712. The third kappa shape index (κ3) is 4.09. The van der Waals surface area contributed by atoms with Gasteiger partial charge in [-0.25, -0.2) is 13.2 Å². The Morgan fingerprint density at radius 1 is 0.960 bits per heavy atom. The number of furan rings is 1. The predicted molar refractivity (Wildman–Crippen MR) is 87.4 cm³/mol. The van der Waals surface area contributed by atoms with E-state index in [9.17, 15) is 18.0 Å². The monoisotopic (exact) mass is 345 g/mol. The molecule has 0 unspecified atom stereocenters. The van der Waals surface area contributed by atoms with Gasteiger partial charge in [0.05, 0.1) is 11.3 Å². The van der Waals surface area contributed by atoms with Crippen molar-refractivity contribution in [2.45, 2.75) is 12.8 Å². The molecule has 0 bridgehead atoms. The van der Waals surface area contributed by atoms with Crippen molar-refractivity contribution in [2.75, 3.05) is 5.32 Å². The van der Waals surface area contributed by atoms with Crippen LogP contribution in [0.2, 0.25) is 0 Å². The summed E-state index contributed by atoms with van der Waals surface area (Å²) < 4.78 is 45.6. The minimum atomic E-state index is -0.840. The predicted octanol–water partition coefficient (Wildman–Crippen LogP) is 4.94. The Labute approximate surface area is 142 Å². The molecule has 25 heavy (non-hydrogen) atoms. The van der Waals surface area contributed by atoms with Crippen molar-refractivity contribution in [3.63, 3.8) is 0 Å². The second-order valence-electron chi connectivity index (χ2n) is 5.42. The number of hydrogen-bond acceptors (Lipinski definition) is 2. The van der Waals surface area contributed by atoms with Gasteiger partial charge in [0.2, 0.25) is 5.91 Å². The lowest BCUT2D eigenvalue weighted by molar-refractivity contribution is -0.116. The molecule has 0 aliphatic heterocycles. The highest BCUT2D eigenvalue weighted by Crippen LogP contribution is 2.25. The van der Waals surface area contributed by atoms with E-state index in [1.165, 1.54) is 6.07 Å². The third-order valence-corrected chi connectivity index (χ3v) is 3.60. The molecule has 0 fully saturated rings. The van der Waals surface area contributed by atoms with Crippen LogP contribution in [-0.2, 0) is 11.2 Å². The number of carbonyl (C=O) groups is 1. The van der Waals surface area contributed by atoms with Gasteiger partial charge >= 0.3 is 0 Å². The molecule has 0 aliphatic rings. The number of hydrogen-bond donors (Lipinski definition) is 1. The Bertz CT molecular complexity index is 905. The van der Waals surface area contributed by atoms with Crippen molar-refractivity contribution in [3.8, 4) is 11.3 Å². The molecule has 1 amide bonds. The maximum absolute atomic E-state index is 13.7. The van der Waals surface area contributed by atoms with Gasteiger partial charge in [-0.05, 0) is 36.4 Å². The van der Waals surface area contributed by atoms with Crippen LogP contribution in [0.4, 0.5) is 18.9 Å². The highest BCUT2D eigenvalue weighted by Gasteiger charge is 2.12. The summed E-state index contributed by atoms with van der Waals surface area (Å²) in [5, 5.41) is 2.37. The Hall–Kier alpha value is -3.02. The van der Waals surface area contributed by atoms with E-state index in [4.69, 9.17) is 4.42 Å². The van der Waals surface area contributed by atoms with Crippen LogP contribution in [0.3, 0.4) is 0 Å². The van der Waals surface area contributed by atoms with E-state index in [0.717, 1.165) is 12.1 Å². The summed E-state index contributed by atoms with van der Waals surface area (Å²) in [6, 6.07) is 12.4. The van der Waals surface area contributed by atoms with E-state index in [1.807, 2.05) is 0 Å². The molecular weight excluding hydrogens is 331 g/mol. The van der Waals surface area contributed by atoms with Gasteiger partial charge in [-0.2, -0.15) is 0 Å². The van der Waals surface area contributed by atoms with Gasteiger partial charge in [0.1, 0.15) is 29.0 Å². The zero-order valence-corrected chi connectivity index (χ0v) is 13.1. The normalized spacial score (nSPS) is 10.7. The summed E-state index contributed by atoms with van der Waals surface area (Å²) in [6.07, 6.45) is 0.310. The van der Waals surface area contributed by atoms with Crippen LogP contribution in [0.5, 0.6) is 0 Å². The maximum Gasteiger partial charge on any atom is 0.224 e. The molecule has 0 atom stereocenters. The molecule has 3 aromatic rings. The second kappa shape index (κ2) is 7.25. The number of benzene rings is 2. The molecule has 3 rings (SSSR count). The molecule has 3 nitrogen and oxygen atoms in total. The molecule has 1 heterocycles. The fraction of sp³-hybridized carbons (Fsp3) is 0.105. The Morgan fingerprint density at radius 3 is 2.52 bits per heavy atom. The number of nitrogens with one attached hydrogen (secondary N) is 1. The SMILES string of the molecule is O=C(CCc1ccc(-c2ccccc2F)o1)Nc1ccc(F)cc1F. The van der Waals surface area contributed by atoms with Crippen molar-refractivity contribution < 1.29 is 22.4 Å². The fourth-order valence-electron chi connectivity index (χ4n) is 2.36. The summed E-state index contributed by atoms with van der Waals surface area (Å²) in [4.78, 5) is 11.9. The fourth-order valence-corrected chi connectivity index (χ4v) is 2.36. The van der Waals surface area contributed by atoms with Crippen LogP contribution < -0.4 is 5.32 Å². The zero-order valence-electron chi connectivity index (χ0n) is 13.1. The third-order valence-electron chi connectivity index (χ3n) is 3.60. The van der Waals surface area contributed by atoms with Gasteiger partial charge in [0.15, 0.2) is 0 Å². The lowest BCUT2D eigenvalue weighted by Gasteiger charge is -2.05. The molecule has 0 saturated carbocycles. The highest BCUT2D eigenvalue weighted by atomic mass is 19.1. The molecule has 0 radical (unpaired) electrons. The number of aryl methyl sites for hydroxylation is 1. The summed E-state index contributed by atoms with van der Waals surface area (Å²) in [5.74, 6) is -1.51. The summed E-state index contributed by atoms with van der Waals surface area (Å²) in [6.45, 7) is 0. The van der Waals surface area contributed by atoms with E-state index in [0.29, 0.717) is 23.2 Å². The second-order valence-corrected chi connectivity index (χ2v) is 5.42. The first-order valence-electron chi connectivity index (χ1n) is 7.61. The smallest absolute Gasteiger partial charge is 0.224 e. The minimum Gasteiger partial charge on any atom is -0.461 e. The zero-order chi connectivity index (χ0) is 17.8. The lowest BCUT2D eigenvalue weighted by atomic mass is 10.1. The van der Waals surface area contributed by atoms with Crippen LogP contribution in [0, 0.1) is 17.5 Å².